The highest BCUT2D eigenvalue weighted by Crippen LogP contribution is 2.25. The predicted molar refractivity (Wildman–Crippen MR) is 104 cm³/mol. The van der Waals surface area contributed by atoms with Gasteiger partial charge in [-0.1, -0.05) is 12.1 Å². The standard InChI is InChI=1S/C19H19N3O4S/c1-26-17-8-6-15(7-9-17)20-19-21(10-3-11-23)18(13-27-19)14-4-2-5-16(12-14)22(24)25/h2,4-9,12-13,23H,3,10-11H2,1H3. The molecule has 2 aromatic carbocycles. The van der Waals surface area contributed by atoms with Crippen LogP contribution in [0.1, 0.15) is 6.42 Å². The minimum Gasteiger partial charge on any atom is -0.497 e. The number of nitro groups is 1. The second-order valence-electron chi connectivity index (χ2n) is 5.75. The van der Waals surface area contributed by atoms with E-state index in [9.17, 15) is 15.2 Å². The average molecular weight is 385 g/mol. The zero-order chi connectivity index (χ0) is 19.2. The Morgan fingerprint density at radius 3 is 2.70 bits per heavy atom. The Morgan fingerprint density at radius 2 is 2.04 bits per heavy atom. The van der Waals surface area contributed by atoms with Gasteiger partial charge in [0.05, 0.1) is 23.4 Å². The minimum absolute atomic E-state index is 0.0426. The number of benzene rings is 2. The number of hydrogen-bond donors (Lipinski definition) is 1. The molecule has 0 aliphatic heterocycles. The molecule has 0 unspecified atom stereocenters. The Balaban J connectivity index is 2.06. The number of aliphatic hydroxyl groups excluding tert-OH is 1. The first-order chi connectivity index (χ1) is 13.1. The number of non-ortho nitro benzene ring substituents is 1. The van der Waals surface area contributed by atoms with E-state index < -0.39 is 4.92 Å². The predicted octanol–water partition coefficient (Wildman–Crippen LogP) is 3.75. The third-order valence-corrected chi connectivity index (χ3v) is 4.85. The normalized spacial score (nSPS) is 11.6. The summed E-state index contributed by atoms with van der Waals surface area (Å²) < 4.78 is 7.14. The molecule has 0 amide bonds. The summed E-state index contributed by atoms with van der Waals surface area (Å²) in [6, 6.07) is 13.9. The van der Waals surface area contributed by atoms with Crippen LogP contribution in [-0.2, 0) is 6.54 Å². The first-order valence-electron chi connectivity index (χ1n) is 8.35. The summed E-state index contributed by atoms with van der Waals surface area (Å²) in [5.41, 5.74) is 2.40. The number of methoxy groups -OCH3 is 1. The molecule has 1 N–H and O–H groups in total. The van der Waals surface area contributed by atoms with Crippen LogP contribution in [0.4, 0.5) is 11.4 Å². The molecule has 0 spiro atoms. The van der Waals surface area contributed by atoms with Gasteiger partial charge in [-0.2, -0.15) is 0 Å². The first-order valence-corrected chi connectivity index (χ1v) is 9.23. The zero-order valence-electron chi connectivity index (χ0n) is 14.7. The fourth-order valence-corrected chi connectivity index (χ4v) is 3.60. The molecule has 0 bridgehead atoms. The number of ether oxygens (including phenoxy) is 1. The second-order valence-corrected chi connectivity index (χ2v) is 6.59. The Kier molecular flexibility index (Phi) is 6.00. The van der Waals surface area contributed by atoms with E-state index in [1.54, 1.807) is 19.2 Å². The molecule has 0 fully saturated rings. The Labute approximate surface area is 160 Å². The molecule has 8 heteroatoms. The summed E-state index contributed by atoms with van der Waals surface area (Å²) in [5, 5.41) is 22.2. The molecule has 1 aromatic heterocycles. The van der Waals surface area contributed by atoms with Crippen LogP contribution in [-0.4, -0.2) is 28.3 Å². The Hall–Kier alpha value is -2.97. The SMILES string of the molecule is COc1ccc(N=c2scc(-c3cccc([N+](=O)[O-])c3)n2CCCO)cc1. The number of aromatic nitrogens is 1. The van der Waals surface area contributed by atoms with Crippen LogP contribution in [0.2, 0.25) is 0 Å². The first kappa shape index (κ1) is 18.8. The average Bonchev–Trinajstić information content (AvgIpc) is 3.09. The summed E-state index contributed by atoms with van der Waals surface area (Å²) in [4.78, 5) is 16.1. The molecular formula is C19H19N3O4S. The summed E-state index contributed by atoms with van der Waals surface area (Å²) >= 11 is 1.45. The van der Waals surface area contributed by atoms with Gasteiger partial charge in [0.15, 0.2) is 4.80 Å². The topological polar surface area (TPSA) is 89.9 Å². The molecule has 0 aliphatic carbocycles. The van der Waals surface area contributed by atoms with Gasteiger partial charge in [0, 0.05) is 36.2 Å². The van der Waals surface area contributed by atoms with Crippen molar-refractivity contribution in [3.63, 3.8) is 0 Å². The van der Waals surface area contributed by atoms with Crippen LogP contribution in [0.3, 0.4) is 0 Å². The molecule has 0 atom stereocenters. The van der Waals surface area contributed by atoms with Crippen molar-refractivity contribution in [3.05, 3.63) is 68.8 Å². The van der Waals surface area contributed by atoms with Crippen molar-refractivity contribution in [2.24, 2.45) is 4.99 Å². The van der Waals surface area contributed by atoms with Crippen molar-refractivity contribution in [3.8, 4) is 17.0 Å². The van der Waals surface area contributed by atoms with E-state index >= 15 is 0 Å². The van der Waals surface area contributed by atoms with Crippen molar-refractivity contribution >= 4 is 22.7 Å². The molecule has 3 rings (SSSR count). The molecule has 0 aliphatic rings. The lowest BCUT2D eigenvalue weighted by molar-refractivity contribution is -0.384. The molecule has 140 valence electrons. The molecule has 1 heterocycles. The maximum absolute atomic E-state index is 11.1. The van der Waals surface area contributed by atoms with Crippen LogP contribution in [0.25, 0.3) is 11.3 Å². The maximum Gasteiger partial charge on any atom is 0.270 e. The van der Waals surface area contributed by atoms with Crippen LogP contribution < -0.4 is 9.54 Å². The number of hydrogen-bond acceptors (Lipinski definition) is 6. The van der Waals surface area contributed by atoms with Crippen molar-refractivity contribution in [1.29, 1.82) is 0 Å². The van der Waals surface area contributed by atoms with Gasteiger partial charge in [-0.05, 0) is 30.7 Å². The van der Waals surface area contributed by atoms with Crippen molar-refractivity contribution in [2.45, 2.75) is 13.0 Å². The van der Waals surface area contributed by atoms with Gasteiger partial charge >= 0.3 is 0 Å². The summed E-state index contributed by atoms with van der Waals surface area (Å²) in [6.07, 6.45) is 0.564. The number of aliphatic hydroxyl groups is 1. The smallest absolute Gasteiger partial charge is 0.270 e. The number of nitro benzene ring substituents is 1. The van der Waals surface area contributed by atoms with Crippen molar-refractivity contribution < 1.29 is 14.8 Å². The third kappa shape index (κ3) is 4.42. The van der Waals surface area contributed by atoms with Gasteiger partial charge in [0.2, 0.25) is 0 Å². The highest BCUT2D eigenvalue weighted by Gasteiger charge is 2.12. The highest BCUT2D eigenvalue weighted by atomic mass is 32.1. The molecular weight excluding hydrogens is 366 g/mol. The minimum atomic E-state index is -0.406. The lowest BCUT2D eigenvalue weighted by atomic mass is 10.1. The molecule has 0 saturated carbocycles. The summed E-state index contributed by atoms with van der Waals surface area (Å²) in [6.45, 7) is 0.617. The number of rotatable bonds is 7. The fourth-order valence-electron chi connectivity index (χ4n) is 2.64. The third-order valence-electron chi connectivity index (χ3n) is 3.99. The Bertz CT molecular complexity index is 993. The lowest BCUT2D eigenvalue weighted by Gasteiger charge is -2.08. The summed E-state index contributed by atoms with van der Waals surface area (Å²) in [5.74, 6) is 0.755. The van der Waals surface area contributed by atoms with E-state index in [-0.39, 0.29) is 12.3 Å². The molecule has 27 heavy (non-hydrogen) atoms. The van der Waals surface area contributed by atoms with Crippen LogP contribution in [0, 0.1) is 10.1 Å². The van der Waals surface area contributed by atoms with Crippen LogP contribution in [0.5, 0.6) is 5.75 Å². The number of thiazole rings is 1. The highest BCUT2D eigenvalue weighted by molar-refractivity contribution is 7.07. The van der Waals surface area contributed by atoms with Gasteiger partial charge in [0.1, 0.15) is 5.75 Å². The molecule has 0 saturated heterocycles. The van der Waals surface area contributed by atoms with E-state index in [1.165, 1.54) is 17.4 Å². The van der Waals surface area contributed by atoms with E-state index in [1.807, 2.05) is 40.3 Å². The quantitative estimate of drug-likeness (QED) is 0.495. The largest absolute Gasteiger partial charge is 0.497 e. The van der Waals surface area contributed by atoms with Crippen LogP contribution in [0.15, 0.2) is 58.9 Å². The second kappa shape index (κ2) is 8.61. The fraction of sp³-hybridized carbons (Fsp3) is 0.211. The van der Waals surface area contributed by atoms with E-state index in [4.69, 9.17) is 4.74 Å². The van der Waals surface area contributed by atoms with Gasteiger partial charge in [-0.25, -0.2) is 4.99 Å². The van der Waals surface area contributed by atoms with Gasteiger partial charge in [-0.15, -0.1) is 11.3 Å². The van der Waals surface area contributed by atoms with Crippen molar-refractivity contribution in [1.82, 2.24) is 4.57 Å². The van der Waals surface area contributed by atoms with Gasteiger partial charge < -0.3 is 14.4 Å². The molecule has 0 radical (unpaired) electrons. The van der Waals surface area contributed by atoms with E-state index in [0.717, 1.165) is 27.5 Å². The van der Waals surface area contributed by atoms with Gasteiger partial charge in [-0.3, -0.25) is 10.1 Å². The monoisotopic (exact) mass is 385 g/mol. The van der Waals surface area contributed by atoms with Crippen LogP contribution >= 0.6 is 11.3 Å². The number of nitrogens with zero attached hydrogens (tertiary/aromatic N) is 3. The van der Waals surface area contributed by atoms with Crippen molar-refractivity contribution in [2.75, 3.05) is 13.7 Å². The zero-order valence-corrected chi connectivity index (χ0v) is 15.6. The van der Waals surface area contributed by atoms with Gasteiger partial charge in [0.25, 0.3) is 5.69 Å². The lowest BCUT2D eigenvalue weighted by Crippen LogP contribution is -2.16. The molecule has 7 nitrogen and oxygen atoms in total. The maximum atomic E-state index is 11.1. The summed E-state index contributed by atoms with van der Waals surface area (Å²) in [7, 11) is 1.61. The van der Waals surface area contributed by atoms with E-state index in [2.05, 4.69) is 4.99 Å². The molecule has 3 aromatic rings. The Morgan fingerprint density at radius 1 is 1.26 bits per heavy atom. The van der Waals surface area contributed by atoms with E-state index in [0.29, 0.717) is 13.0 Å².